The number of ether oxygens (including phenoxy) is 1. The maximum absolute atomic E-state index is 11.9. The van der Waals surface area contributed by atoms with Gasteiger partial charge in [0.2, 0.25) is 5.91 Å². The number of halogens is 1. The van der Waals surface area contributed by atoms with Gasteiger partial charge in [0.15, 0.2) is 0 Å². The van der Waals surface area contributed by atoms with Crippen LogP contribution >= 0.6 is 11.6 Å². The Hall–Kier alpha value is -1.59. The van der Waals surface area contributed by atoms with Gasteiger partial charge in [-0.2, -0.15) is 0 Å². The maximum atomic E-state index is 11.9. The van der Waals surface area contributed by atoms with E-state index in [0.717, 1.165) is 25.9 Å². The van der Waals surface area contributed by atoms with Crippen LogP contribution in [-0.2, 0) is 9.53 Å². The Bertz CT molecular complexity index is 528. The fraction of sp³-hybridized carbons (Fsp3) is 0.467. The molecule has 1 saturated heterocycles. The summed E-state index contributed by atoms with van der Waals surface area (Å²) in [5.41, 5.74) is 0.974. The molecule has 0 spiro atoms. The molecule has 2 N–H and O–H groups in total. The molecule has 0 bridgehead atoms. The van der Waals surface area contributed by atoms with E-state index in [1.54, 1.807) is 19.2 Å². The second-order valence-electron chi connectivity index (χ2n) is 5.00. The minimum absolute atomic E-state index is 0.0971. The average Bonchev–Trinajstić information content (AvgIpc) is 2.99. The molecule has 1 atom stereocenters. The number of carbonyl (C=O) groups excluding carboxylic acids is 2. The fourth-order valence-electron chi connectivity index (χ4n) is 2.28. The molecule has 1 aromatic rings. The molecular formula is C15H19ClN2O3. The highest BCUT2D eigenvalue weighted by atomic mass is 35.5. The van der Waals surface area contributed by atoms with Crippen molar-refractivity contribution in [1.82, 2.24) is 5.32 Å². The number of amides is 2. The number of benzene rings is 1. The van der Waals surface area contributed by atoms with Gasteiger partial charge in [-0.05, 0) is 37.5 Å². The first kappa shape index (κ1) is 15.8. The van der Waals surface area contributed by atoms with Crippen LogP contribution in [0.5, 0.6) is 0 Å². The Labute approximate surface area is 129 Å². The topological polar surface area (TPSA) is 67.4 Å². The molecule has 0 radical (unpaired) electrons. The molecule has 1 aromatic carbocycles. The Morgan fingerprint density at radius 1 is 1.43 bits per heavy atom. The summed E-state index contributed by atoms with van der Waals surface area (Å²) >= 11 is 6.08. The summed E-state index contributed by atoms with van der Waals surface area (Å²) in [4.78, 5) is 23.4. The predicted molar refractivity (Wildman–Crippen MR) is 81.7 cm³/mol. The van der Waals surface area contributed by atoms with Crippen LogP contribution in [0.25, 0.3) is 0 Å². The summed E-state index contributed by atoms with van der Waals surface area (Å²) in [7, 11) is 1.55. The van der Waals surface area contributed by atoms with Gasteiger partial charge in [-0.3, -0.25) is 9.59 Å². The number of rotatable bonds is 5. The molecule has 21 heavy (non-hydrogen) atoms. The van der Waals surface area contributed by atoms with E-state index in [9.17, 15) is 9.59 Å². The molecular weight excluding hydrogens is 292 g/mol. The van der Waals surface area contributed by atoms with Crippen LogP contribution in [0, 0.1) is 0 Å². The first-order chi connectivity index (χ1) is 10.1. The van der Waals surface area contributed by atoms with Crippen LogP contribution in [0.15, 0.2) is 18.2 Å². The van der Waals surface area contributed by atoms with Crippen molar-refractivity contribution in [3.8, 4) is 0 Å². The third-order valence-electron chi connectivity index (χ3n) is 3.45. The van der Waals surface area contributed by atoms with Crippen molar-refractivity contribution in [3.05, 3.63) is 28.8 Å². The van der Waals surface area contributed by atoms with Crippen molar-refractivity contribution >= 4 is 29.1 Å². The van der Waals surface area contributed by atoms with E-state index in [4.69, 9.17) is 16.3 Å². The van der Waals surface area contributed by atoms with Crippen molar-refractivity contribution in [2.24, 2.45) is 0 Å². The standard InChI is InChI=1S/C15H19ClN2O3/c1-17-15(20)10-4-6-13(12(16)9-10)18-14(19)7-5-11-3-2-8-21-11/h4,6,9,11H,2-3,5,7-8H2,1H3,(H,17,20)(H,18,19)/t11-/m0/s1. The number of anilines is 1. The second kappa shape index (κ2) is 7.43. The zero-order valence-electron chi connectivity index (χ0n) is 11.9. The van der Waals surface area contributed by atoms with E-state index in [1.165, 1.54) is 6.07 Å². The highest BCUT2D eigenvalue weighted by molar-refractivity contribution is 6.34. The number of carbonyl (C=O) groups is 2. The molecule has 114 valence electrons. The molecule has 1 aliphatic heterocycles. The molecule has 1 fully saturated rings. The zero-order chi connectivity index (χ0) is 15.2. The normalized spacial score (nSPS) is 17.5. The summed E-state index contributed by atoms with van der Waals surface area (Å²) in [5, 5.41) is 5.63. The molecule has 6 heteroatoms. The fourth-order valence-corrected chi connectivity index (χ4v) is 2.51. The van der Waals surface area contributed by atoms with Crippen LogP contribution in [-0.4, -0.2) is 31.6 Å². The van der Waals surface area contributed by atoms with Crippen molar-refractivity contribution < 1.29 is 14.3 Å². The zero-order valence-corrected chi connectivity index (χ0v) is 12.7. The van der Waals surface area contributed by atoms with E-state index in [0.29, 0.717) is 22.7 Å². The van der Waals surface area contributed by atoms with Gasteiger partial charge in [0.25, 0.3) is 5.91 Å². The van der Waals surface area contributed by atoms with Gasteiger partial charge in [0.05, 0.1) is 16.8 Å². The second-order valence-corrected chi connectivity index (χ2v) is 5.40. The molecule has 0 aromatic heterocycles. The van der Waals surface area contributed by atoms with Gasteiger partial charge in [-0.1, -0.05) is 11.6 Å². The predicted octanol–water partition coefficient (Wildman–Crippen LogP) is 2.60. The van der Waals surface area contributed by atoms with Crippen molar-refractivity contribution in [2.75, 3.05) is 19.0 Å². The summed E-state index contributed by atoms with van der Waals surface area (Å²) in [6, 6.07) is 4.80. The Morgan fingerprint density at radius 2 is 2.24 bits per heavy atom. The lowest BCUT2D eigenvalue weighted by Crippen LogP contribution is -2.18. The van der Waals surface area contributed by atoms with Gasteiger partial charge in [0, 0.05) is 25.6 Å². The minimum atomic E-state index is -0.215. The van der Waals surface area contributed by atoms with E-state index >= 15 is 0 Å². The summed E-state index contributed by atoms with van der Waals surface area (Å²) < 4.78 is 5.48. The van der Waals surface area contributed by atoms with Gasteiger partial charge in [-0.15, -0.1) is 0 Å². The van der Waals surface area contributed by atoms with E-state index in [-0.39, 0.29) is 17.9 Å². The quantitative estimate of drug-likeness (QED) is 0.878. The average molecular weight is 311 g/mol. The minimum Gasteiger partial charge on any atom is -0.378 e. The smallest absolute Gasteiger partial charge is 0.251 e. The Balaban J connectivity index is 1.89. The first-order valence-electron chi connectivity index (χ1n) is 7.03. The van der Waals surface area contributed by atoms with E-state index < -0.39 is 0 Å². The number of hydrogen-bond acceptors (Lipinski definition) is 3. The summed E-state index contributed by atoms with van der Waals surface area (Å²) in [5.74, 6) is -0.312. The van der Waals surface area contributed by atoms with Crippen LogP contribution < -0.4 is 10.6 Å². The van der Waals surface area contributed by atoms with Gasteiger partial charge >= 0.3 is 0 Å². The molecule has 0 unspecified atom stereocenters. The van der Waals surface area contributed by atoms with Crippen LogP contribution in [0.2, 0.25) is 5.02 Å². The molecule has 2 rings (SSSR count). The maximum Gasteiger partial charge on any atom is 0.251 e. The molecule has 5 nitrogen and oxygen atoms in total. The monoisotopic (exact) mass is 310 g/mol. The lowest BCUT2D eigenvalue weighted by molar-refractivity contribution is -0.116. The highest BCUT2D eigenvalue weighted by Gasteiger charge is 2.17. The van der Waals surface area contributed by atoms with Crippen LogP contribution in [0.1, 0.15) is 36.0 Å². The highest BCUT2D eigenvalue weighted by Crippen LogP contribution is 2.24. The van der Waals surface area contributed by atoms with Gasteiger partial charge in [0.1, 0.15) is 0 Å². The van der Waals surface area contributed by atoms with Crippen molar-refractivity contribution in [1.29, 1.82) is 0 Å². The number of hydrogen-bond donors (Lipinski definition) is 2. The number of nitrogens with one attached hydrogen (secondary N) is 2. The van der Waals surface area contributed by atoms with E-state index in [2.05, 4.69) is 10.6 Å². The van der Waals surface area contributed by atoms with Crippen molar-refractivity contribution in [2.45, 2.75) is 31.8 Å². The van der Waals surface area contributed by atoms with Crippen molar-refractivity contribution in [3.63, 3.8) is 0 Å². The lowest BCUT2D eigenvalue weighted by Gasteiger charge is -2.11. The largest absolute Gasteiger partial charge is 0.378 e. The molecule has 0 saturated carbocycles. The molecule has 1 aliphatic rings. The van der Waals surface area contributed by atoms with E-state index in [1.807, 2.05) is 0 Å². The summed E-state index contributed by atoms with van der Waals surface area (Å²) in [6.07, 6.45) is 3.41. The summed E-state index contributed by atoms with van der Waals surface area (Å²) in [6.45, 7) is 0.791. The molecule has 2 amide bonds. The van der Waals surface area contributed by atoms with Gasteiger partial charge < -0.3 is 15.4 Å². The molecule has 0 aliphatic carbocycles. The Kier molecular flexibility index (Phi) is 5.59. The lowest BCUT2D eigenvalue weighted by atomic mass is 10.1. The van der Waals surface area contributed by atoms with Gasteiger partial charge in [-0.25, -0.2) is 0 Å². The Morgan fingerprint density at radius 3 is 2.86 bits per heavy atom. The first-order valence-corrected chi connectivity index (χ1v) is 7.41. The van der Waals surface area contributed by atoms with Crippen LogP contribution in [0.4, 0.5) is 5.69 Å². The SMILES string of the molecule is CNC(=O)c1ccc(NC(=O)CC[C@@H]2CCCO2)c(Cl)c1. The third kappa shape index (κ3) is 4.44. The van der Waals surface area contributed by atoms with Crippen LogP contribution in [0.3, 0.4) is 0 Å². The third-order valence-corrected chi connectivity index (χ3v) is 3.76. The molecule has 1 heterocycles.